The topological polar surface area (TPSA) is 50.8 Å². The smallest absolute Gasteiger partial charge is 0.377 e. The Morgan fingerprint density at radius 3 is 2.65 bits per heavy atom. The van der Waals surface area contributed by atoms with Gasteiger partial charge in [-0.05, 0) is 22.0 Å². The summed E-state index contributed by atoms with van der Waals surface area (Å²) < 4.78 is 45.1. The molecule has 0 N–H and O–H groups in total. The minimum absolute atomic E-state index is 0.132. The Hall–Kier alpha value is -1.59. The Bertz CT molecular complexity index is 716. The number of hydrogen-bond donors (Lipinski definition) is 0. The first-order valence-corrected chi connectivity index (χ1v) is 6.24. The number of aromatic nitrogens is 2. The number of nitriles is 1. The molecular weight excluding hydrogens is 339 g/mol. The predicted octanol–water partition coefficient (Wildman–Crippen LogP) is 3.37. The molecule has 20 heavy (non-hydrogen) atoms. The van der Waals surface area contributed by atoms with Crippen LogP contribution in [-0.4, -0.2) is 16.7 Å². The van der Waals surface area contributed by atoms with E-state index in [0.29, 0.717) is 5.82 Å². The van der Waals surface area contributed by atoms with Crippen LogP contribution in [0.1, 0.15) is 17.0 Å². The maximum atomic E-state index is 13.0. The summed E-state index contributed by atoms with van der Waals surface area (Å²) >= 11 is 2.85. The normalized spacial score (nSPS) is 11.8. The minimum atomic E-state index is -4.55. The zero-order valence-corrected chi connectivity index (χ0v) is 12.1. The summed E-state index contributed by atoms with van der Waals surface area (Å²) in [7, 11) is 3.04. The fourth-order valence-electron chi connectivity index (χ4n) is 1.91. The van der Waals surface area contributed by atoms with Crippen LogP contribution in [0.3, 0.4) is 0 Å². The van der Waals surface area contributed by atoms with Crippen molar-refractivity contribution in [1.29, 1.82) is 5.26 Å². The van der Waals surface area contributed by atoms with Crippen molar-refractivity contribution in [2.75, 3.05) is 7.11 Å². The highest BCUT2D eigenvalue weighted by Gasteiger charge is 2.35. The van der Waals surface area contributed by atoms with Crippen molar-refractivity contribution in [3.05, 3.63) is 27.5 Å². The van der Waals surface area contributed by atoms with Crippen molar-refractivity contribution < 1.29 is 17.9 Å². The Morgan fingerprint density at radius 1 is 1.50 bits per heavy atom. The molecule has 4 nitrogen and oxygen atoms in total. The molecule has 8 heteroatoms. The van der Waals surface area contributed by atoms with Crippen molar-refractivity contribution in [1.82, 2.24) is 9.55 Å². The number of nitrogens with zero attached hydrogens (tertiary/aromatic N) is 3. The summed E-state index contributed by atoms with van der Waals surface area (Å²) in [6.07, 6.45) is -4.55. The van der Waals surface area contributed by atoms with E-state index in [4.69, 9.17) is 10.00 Å². The van der Waals surface area contributed by atoms with Gasteiger partial charge < -0.3 is 9.30 Å². The van der Waals surface area contributed by atoms with Crippen LogP contribution in [0.4, 0.5) is 13.2 Å². The number of aryl methyl sites for hydroxylation is 1. The van der Waals surface area contributed by atoms with Gasteiger partial charge in [0, 0.05) is 18.6 Å². The lowest BCUT2D eigenvalue weighted by atomic mass is 10.1. The summed E-state index contributed by atoms with van der Waals surface area (Å²) in [4.78, 5) is 4.17. The molecule has 1 aromatic carbocycles. The molecule has 0 amide bonds. The molecule has 1 heterocycles. The molecule has 106 valence electrons. The van der Waals surface area contributed by atoms with Crippen LogP contribution in [0.15, 0.2) is 10.5 Å². The molecule has 0 aliphatic carbocycles. The molecule has 2 aromatic rings. The van der Waals surface area contributed by atoms with Gasteiger partial charge in [0.25, 0.3) is 0 Å². The molecule has 0 unspecified atom stereocenters. The van der Waals surface area contributed by atoms with E-state index in [2.05, 4.69) is 20.9 Å². The third kappa shape index (κ3) is 2.27. The molecule has 0 fully saturated rings. The quantitative estimate of drug-likeness (QED) is 0.836. The van der Waals surface area contributed by atoms with Gasteiger partial charge in [0.2, 0.25) is 0 Å². The fraction of sp³-hybridized carbons (Fsp3) is 0.333. The van der Waals surface area contributed by atoms with Gasteiger partial charge in [0.15, 0.2) is 0 Å². The molecule has 1 aromatic heterocycles. The van der Waals surface area contributed by atoms with Gasteiger partial charge in [-0.15, -0.1) is 0 Å². The Kier molecular flexibility index (Phi) is 3.75. The van der Waals surface area contributed by atoms with Crippen LogP contribution in [0, 0.1) is 11.3 Å². The second-order valence-corrected chi connectivity index (χ2v) is 4.90. The standard InChI is InChI=1S/C12H9BrF3N3O/c1-19-8-3-7(12(14,15)16)10(13)6(4-17)11(8)18-9(19)5-20-2/h3H,5H2,1-2H3. The molecular formula is C12H9BrF3N3O. The van der Waals surface area contributed by atoms with Crippen molar-refractivity contribution in [3.63, 3.8) is 0 Å². The average molecular weight is 348 g/mol. The molecule has 0 spiro atoms. The summed E-state index contributed by atoms with van der Waals surface area (Å²) in [5.74, 6) is 0.449. The molecule has 0 aliphatic rings. The number of imidazole rings is 1. The summed E-state index contributed by atoms with van der Waals surface area (Å²) in [6, 6.07) is 2.75. The monoisotopic (exact) mass is 347 g/mol. The van der Waals surface area contributed by atoms with E-state index in [1.165, 1.54) is 11.7 Å². The second-order valence-electron chi connectivity index (χ2n) is 4.11. The first-order valence-electron chi connectivity index (χ1n) is 5.45. The number of rotatable bonds is 2. The molecule has 0 aliphatic heterocycles. The van der Waals surface area contributed by atoms with Crippen molar-refractivity contribution in [3.8, 4) is 6.07 Å². The van der Waals surface area contributed by atoms with Crippen molar-refractivity contribution in [2.45, 2.75) is 12.8 Å². The highest BCUT2D eigenvalue weighted by atomic mass is 79.9. The van der Waals surface area contributed by atoms with E-state index in [1.54, 1.807) is 13.1 Å². The van der Waals surface area contributed by atoms with Crippen LogP contribution in [-0.2, 0) is 24.6 Å². The zero-order valence-electron chi connectivity index (χ0n) is 10.5. The molecule has 2 rings (SSSR count). The Morgan fingerprint density at radius 2 is 2.15 bits per heavy atom. The van der Waals surface area contributed by atoms with E-state index in [0.717, 1.165) is 6.07 Å². The maximum absolute atomic E-state index is 13.0. The number of fused-ring (bicyclic) bond motifs is 1. The molecule has 0 saturated carbocycles. The zero-order chi connectivity index (χ0) is 15.1. The van der Waals surface area contributed by atoms with Gasteiger partial charge >= 0.3 is 6.18 Å². The van der Waals surface area contributed by atoms with Crippen molar-refractivity contribution in [2.24, 2.45) is 7.05 Å². The third-order valence-corrected chi connectivity index (χ3v) is 3.72. The van der Waals surface area contributed by atoms with Crippen LogP contribution in [0.2, 0.25) is 0 Å². The predicted molar refractivity (Wildman–Crippen MR) is 68.8 cm³/mol. The number of alkyl halides is 3. The van der Waals surface area contributed by atoms with E-state index >= 15 is 0 Å². The third-order valence-electron chi connectivity index (χ3n) is 2.90. The molecule has 0 saturated heterocycles. The van der Waals surface area contributed by atoms with Crippen LogP contribution < -0.4 is 0 Å². The number of methoxy groups -OCH3 is 1. The highest BCUT2D eigenvalue weighted by molar-refractivity contribution is 9.10. The molecule has 0 radical (unpaired) electrons. The molecule has 0 atom stereocenters. The Labute approximate surface area is 120 Å². The van der Waals surface area contributed by atoms with Gasteiger partial charge in [-0.1, -0.05) is 0 Å². The Balaban J connectivity index is 2.87. The van der Waals surface area contributed by atoms with Crippen LogP contribution in [0.25, 0.3) is 11.0 Å². The van der Waals surface area contributed by atoms with Gasteiger partial charge in [-0.25, -0.2) is 4.98 Å². The number of ether oxygens (including phenoxy) is 1. The molecule has 0 bridgehead atoms. The van der Waals surface area contributed by atoms with Crippen molar-refractivity contribution >= 4 is 27.0 Å². The first kappa shape index (κ1) is 14.8. The summed E-state index contributed by atoms with van der Waals surface area (Å²) in [5, 5.41) is 9.11. The van der Waals surface area contributed by atoms with Gasteiger partial charge in [-0.2, -0.15) is 18.4 Å². The second kappa shape index (κ2) is 5.07. The minimum Gasteiger partial charge on any atom is -0.377 e. The number of benzene rings is 1. The summed E-state index contributed by atoms with van der Waals surface area (Å²) in [6.45, 7) is 0.148. The van der Waals surface area contributed by atoms with Gasteiger partial charge in [0.05, 0.1) is 16.6 Å². The highest BCUT2D eigenvalue weighted by Crippen LogP contribution is 2.39. The SMILES string of the molecule is COCc1nc2c(C#N)c(Br)c(C(F)(F)F)cc2n1C. The van der Waals surface area contributed by atoms with E-state index in [9.17, 15) is 13.2 Å². The number of halogens is 4. The average Bonchev–Trinajstić information content (AvgIpc) is 2.65. The van der Waals surface area contributed by atoms with Crippen LogP contribution in [0.5, 0.6) is 0 Å². The maximum Gasteiger partial charge on any atom is 0.417 e. The first-order chi connectivity index (χ1) is 9.31. The van der Waals surface area contributed by atoms with E-state index in [1.807, 2.05) is 0 Å². The van der Waals surface area contributed by atoms with E-state index < -0.39 is 11.7 Å². The van der Waals surface area contributed by atoms with Crippen LogP contribution >= 0.6 is 15.9 Å². The largest absolute Gasteiger partial charge is 0.417 e. The number of hydrogen-bond acceptors (Lipinski definition) is 3. The van der Waals surface area contributed by atoms with E-state index in [-0.39, 0.29) is 27.7 Å². The lowest BCUT2D eigenvalue weighted by molar-refractivity contribution is -0.138. The fourth-order valence-corrected chi connectivity index (χ4v) is 2.53. The summed E-state index contributed by atoms with van der Waals surface area (Å²) in [5.41, 5.74) is -0.563. The lowest BCUT2D eigenvalue weighted by Gasteiger charge is -2.11. The lowest BCUT2D eigenvalue weighted by Crippen LogP contribution is -2.08. The van der Waals surface area contributed by atoms with Gasteiger partial charge in [0.1, 0.15) is 24.0 Å². The van der Waals surface area contributed by atoms with Gasteiger partial charge in [-0.3, -0.25) is 0 Å².